The first-order chi connectivity index (χ1) is 12.0. The van der Waals surface area contributed by atoms with E-state index in [9.17, 15) is 9.18 Å². The second kappa shape index (κ2) is 7.02. The summed E-state index contributed by atoms with van der Waals surface area (Å²) in [6.07, 6.45) is 2.94. The molecular formula is C17H15BrFN5O. The summed E-state index contributed by atoms with van der Waals surface area (Å²) in [6.45, 7) is 0. The number of nitrogens with one attached hydrogen (secondary N) is 1. The Morgan fingerprint density at radius 2 is 2.04 bits per heavy atom. The summed E-state index contributed by atoms with van der Waals surface area (Å²) < 4.78 is 16.4. The van der Waals surface area contributed by atoms with Crippen LogP contribution in [0.25, 0.3) is 5.69 Å². The second-order valence-electron chi connectivity index (χ2n) is 5.52. The number of rotatable bonds is 4. The predicted molar refractivity (Wildman–Crippen MR) is 97.7 cm³/mol. The van der Waals surface area contributed by atoms with Gasteiger partial charge in [0.05, 0.1) is 17.1 Å². The van der Waals surface area contributed by atoms with E-state index in [1.54, 1.807) is 43.3 Å². The highest BCUT2D eigenvalue weighted by atomic mass is 79.9. The van der Waals surface area contributed by atoms with Gasteiger partial charge in [0.2, 0.25) is 0 Å². The average molecular weight is 404 g/mol. The molecule has 128 valence electrons. The van der Waals surface area contributed by atoms with Gasteiger partial charge in [0.25, 0.3) is 5.91 Å². The Labute approximate surface area is 152 Å². The van der Waals surface area contributed by atoms with E-state index in [-0.39, 0.29) is 5.56 Å². The van der Waals surface area contributed by atoms with Gasteiger partial charge in [-0.3, -0.25) is 4.79 Å². The van der Waals surface area contributed by atoms with Crippen molar-refractivity contribution < 1.29 is 9.18 Å². The third kappa shape index (κ3) is 3.69. The first kappa shape index (κ1) is 17.1. The van der Waals surface area contributed by atoms with Crippen LogP contribution in [0.5, 0.6) is 0 Å². The molecule has 25 heavy (non-hydrogen) atoms. The molecule has 8 heteroatoms. The molecule has 2 aromatic carbocycles. The standard InChI is InChI=1S/C17H15BrFN5O/c1-23(2)15-5-3-11(7-13(15)19)17(25)22-14-8-12(18)4-6-16(14)24-10-20-9-21-24/h3-10H,1-2H3,(H,22,25). The van der Waals surface area contributed by atoms with Gasteiger partial charge in [0.15, 0.2) is 0 Å². The molecule has 0 aliphatic heterocycles. The molecule has 0 bridgehead atoms. The Kier molecular flexibility index (Phi) is 4.80. The molecule has 1 heterocycles. The van der Waals surface area contributed by atoms with Crippen LogP contribution in [0, 0.1) is 5.82 Å². The van der Waals surface area contributed by atoms with Gasteiger partial charge < -0.3 is 10.2 Å². The Bertz CT molecular complexity index is 911. The van der Waals surface area contributed by atoms with Crippen LogP contribution in [-0.2, 0) is 0 Å². The maximum atomic E-state index is 14.1. The van der Waals surface area contributed by atoms with Gasteiger partial charge in [-0.15, -0.1) is 0 Å². The minimum absolute atomic E-state index is 0.229. The number of nitrogens with zero attached hydrogens (tertiary/aromatic N) is 4. The van der Waals surface area contributed by atoms with E-state index < -0.39 is 11.7 Å². The molecule has 0 fully saturated rings. The first-order valence-corrected chi connectivity index (χ1v) is 8.18. The van der Waals surface area contributed by atoms with Gasteiger partial charge in [0.1, 0.15) is 18.5 Å². The van der Waals surface area contributed by atoms with Gasteiger partial charge in [-0.1, -0.05) is 15.9 Å². The van der Waals surface area contributed by atoms with Crippen LogP contribution >= 0.6 is 15.9 Å². The third-order valence-corrected chi connectivity index (χ3v) is 4.06. The Morgan fingerprint density at radius 1 is 1.24 bits per heavy atom. The minimum Gasteiger partial charge on any atom is -0.375 e. The number of carbonyl (C=O) groups is 1. The van der Waals surface area contributed by atoms with Crippen LogP contribution in [0.2, 0.25) is 0 Å². The highest BCUT2D eigenvalue weighted by Crippen LogP contribution is 2.25. The number of hydrogen-bond donors (Lipinski definition) is 1. The summed E-state index contributed by atoms with van der Waals surface area (Å²) in [7, 11) is 3.48. The fourth-order valence-corrected chi connectivity index (χ4v) is 2.71. The molecule has 0 atom stereocenters. The largest absolute Gasteiger partial charge is 0.375 e. The fraction of sp³-hybridized carbons (Fsp3) is 0.118. The van der Waals surface area contributed by atoms with E-state index in [0.717, 1.165) is 4.47 Å². The topological polar surface area (TPSA) is 63.1 Å². The molecule has 6 nitrogen and oxygen atoms in total. The lowest BCUT2D eigenvalue weighted by atomic mass is 10.1. The van der Waals surface area contributed by atoms with Crippen molar-refractivity contribution in [3.05, 3.63) is 64.9 Å². The van der Waals surface area contributed by atoms with Crippen molar-refractivity contribution >= 4 is 33.2 Å². The van der Waals surface area contributed by atoms with E-state index in [4.69, 9.17) is 0 Å². The highest BCUT2D eigenvalue weighted by molar-refractivity contribution is 9.10. The number of hydrogen-bond acceptors (Lipinski definition) is 4. The van der Waals surface area contributed by atoms with Gasteiger partial charge in [-0.05, 0) is 36.4 Å². The normalized spacial score (nSPS) is 10.6. The maximum Gasteiger partial charge on any atom is 0.255 e. The molecule has 0 unspecified atom stereocenters. The zero-order valence-corrected chi connectivity index (χ0v) is 15.2. The molecule has 0 saturated heterocycles. The lowest BCUT2D eigenvalue weighted by Gasteiger charge is -2.15. The number of benzene rings is 2. The summed E-state index contributed by atoms with van der Waals surface area (Å²) in [5.41, 5.74) is 1.83. The van der Waals surface area contributed by atoms with Crippen LogP contribution in [0.4, 0.5) is 15.8 Å². The van der Waals surface area contributed by atoms with Gasteiger partial charge in [0, 0.05) is 24.1 Å². The number of halogens is 2. The molecule has 3 rings (SSSR count). The lowest BCUT2D eigenvalue weighted by Crippen LogP contribution is -2.16. The summed E-state index contributed by atoms with van der Waals surface area (Å²) in [5.74, 6) is -0.868. The van der Waals surface area contributed by atoms with Crippen LogP contribution < -0.4 is 10.2 Å². The highest BCUT2D eigenvalue weighted by Gasteiger charge is 2.14. The molecule has 0 aliphatic rings. The van der Waals surface area contributed by atoms with Crippen molar-refractivity contribution in [3.63, 3.8) is 0 Å². The molecule has 0 aliphatic carbocycles. The van der Waals surface area contributed by atoms with Crippen molar-refractivity contribution in [2.75, 3.05) is 24.3 Å². The summed E-state index contributed by atoms with van der Waals surface area (Å²) in [5, 5.41) is 6.87. The van der Waals surface area contributed by atoms with Crippen LogP contribution in [-0.4, -0.2) is 34.8 Å². The van der Waals surface area contributed by atoms with Gasteiger partial charge in [-0.2, -0.15) is 5.10 Å². The van der Waals surface area contributed by atoms with Crippen molar-refractivity contribution in [1.29, 1.82) is 0 Å². The number of aromatic nitrogens is 3. The van der Waals surface area contributed by atoms with E-state index >= 15 is 0 Å². The summed E-state index contributed by atoms with van der Waals surface area (Å²) in [6, 6.07) is 9.75. The SMILES string of the molecule is CN(C)c1ccc(C(=O)Nc2cc(Br)ccc2-n2cncn2)cc1F. The Balaban J connectivity index is 1.91. The van der Waals surface area contributed by atoms with Gasteiger partial charge in [-0.25, -0.2) is 14.1 Å². The van der Waals surface area contributed by atoms with Gasteiger partial charge >= 0.3 is 0 Å². The van der Waals surface area contributed by atoms with E-state index in [1.807, 2.05) is 6.07 Å². The zero-order chi connectivity index (χ0) is 18.0. The van der Waals surface area contributed by atoms with Crippen molar-refractivity contribution in [1.82, 2.24) is 14.8 Å². The monoisotopic (exact) mass is 403 g/mol. The lowest BCUT2D eigenvalue weighted by molar-refractivity contribution is 0.102. The predicted octanol–water partition coefficient (Wildman–Crippen LogP) is 3.49. The zero-order valence-electron chi connectivity index (χ0n) is 13.6. The summed E-state index contributed by atoms with van der Waals surface area (Å²) in [4.78, 5) is 18.1. The van der Waals surface area contributed by atoms with E-state index in [0.29, 0.717) is 17.1 Å². The Hall–Kier alpha value is -2.74. The van der Waals surface area contributed by atoms with Crippen LogP contribution in [0.15, 0.2) is 53.5 Å². The molecule has 0 radical (unpaired) electrons. The maximum absolute atomic E-state index is 14.1. The van der Waals surface area contributed by atoms with Crippen molar-refractivity contribution in [2.24, 2.45) is 0 Å². The quantitative estimate of drug-likeness (QED) is 0.723. The molecule has 1 N–H and O–H groups in total. The molecule has 3 aromatic rings. The van der Waals surface area contributed by atoms with E-state index in [1.165, 1.54) is 23.4 Å². The van der Waals surface area contributed by atoms with Crippen molar-refractivity contribution in [3.8, 4) is 5.69 Å². The van der Waals surface area contributed by atoms with Crippen LogP contribution in [0.1, 0.15) is 10.4 Å². The smallest absolute Gasteiger partial charge is 0.255 e. The molecule has 1 aromatic heterocycles. The fourth-order valence-electron chi connectivity index (χ4n) is 2.35. The number of carbonyl (C=O) groups excluding carboxylic acids is 1. The second-order valence-corrected chi connectivity index (χ2v) is 6.43. The molecular weight excluding hydrogens is 389 g/mol. The third-order valence-electron chi connectivity index (χ3n) is 3.56. The molecule has 1 amide bonds. The van der Waals surface area contributed by atoms with Crippen molar-refractivity contribution in [2.45, 2.75) is 0 Å². The van der Waals surface area contributed by atoms with Crippen LogP contribution in [0.3, 0.4) is 0 Å². The molecule has 0 spiro atoms. The van der Waals surface area contributed by atoms with E-state index in [2.05, 4.69) is 31.3 Å². The Morgan fingerprint density at radius 3 is 2.68 bits per heavy atom. The minimum atomic E-state index is -0.455. The first-order valence-electron chi connectivity index (χ1n) is 7.38. The molecule has 0 saturated carbocycles. The average Bonchev–Trinajstić information content (AvgIpc) is 3.08. The summed E-state index contributed by atoms with van der Waals surface area (Å²) >= 11 is 3.38. The number of amides is 1. The number of anilines is 2.